The molecule has 0 bridgehead atoms. The summed E-state index contributed by atoms with van der Waals surface area (Å²) in [5, 5.41) is 17.8. The van der Waals surface area contributed by atoms with Gasteiger partial charge in [0.05, 0.1) is 6.04 Å². The first kappa shape index (κ1) is 14.1. The summed E-state index contributed by atoms with van der Waals surface area (Å²) in [5.74, 6) is 0.327. The number of hydrogen-bond acceptors (Lipinski definition) is 3. The van der Waals surface area contributed by atoms with Crippen molar-refractivity contribution in [3.05, 3.63) is 48.3 Å². The van der Waals surface area contributed by atoms with E-state index in [4.69, 9.17) is 0 Å². The van der Waals surface area contributed by atoms with Gasteiger partial charge in [-0.05, 0) is 43.5 Å². The standard InChI is InChI=1S/C17H23N3O/c1-13(14-6-4-7-15(21)12-14)19-16-8-2-3-9-17(16)20-11-5-10-18-20/h4-7,10-13,16-17,19,21H,2-3,8-9H2,1H3/t13-,16-,17+/m0/s1. The molecule has 1 heterocycles. The van der Waals surface area contributed by atoms with Crippen molar-refractivity contribution in [2.45, 2.75) is 50.7 Å². The van der Waals surface area contributed by atoms with Gasteiger partial charge in [-0.2, -0.15) is 5.10 Å². The highest BCUT2D eigenvalue weighted by molar-refractivity contribution is 5.29. The molecular weight excluding hydrogens is 262 g/mol. The molecule has 1 fully saturated rings. The van der Waals surface area contributed by atoms with Crippen LogP contribution in [0.15, 0.2) is 42.7 Å². The Morgan fingerprint density at radius 3 is 2.90 bits per heavy atom. The van der Waals surface area contributed by atoms with Crippen LogP contribution in [-0.4, -0.2) is 20.9 Å². The lowest BCUT2D eigenvalue weighted by Gasteiger charge is -2.34. The monoisotopic (exact) mass is 285 g/mol. The maximum absolute atomic E-state index is 9.63. The molecule has 0 spiro atoms. The van der Waals surface area contributed by atoms with Crippen LogP contribution in [-0.2, 0) is 0 Å². The molecule has 1 aromatic heterocycles. The summed E-state index contributed by atoms with van der Waals surface area (Å²) in [6, 6.07) is 10.6. The van der Waals surface area contributed by atoms with Crippen LogP contribution in [0.1, 0.15) is 50.3 Å². The Balaban J connectivity index is 1.72. The van der Waals surface area contributed by atoms with E-state index < -0.39 is 0 Å². The van der Waals surface area contributed by atoms with Crippen molar-refractivity contribution in [2.75, 3.05) is 0 Å². The number of phenolic OH excluding ortho intramolecular Hbond substituents is 1. The molecule has 4 nitrogen and oxygen atoms in total. The number of nitrogens with one attached hydrogen (secondary N) is 1. The average molecular weight is 285 g/mol. The van der Waals surface area contributed by atoms with Gasteiger partial charge in [0, 0.05) is 24.5 Å². The second kappa shape index (κ2) is 6.31. The van der Waals surface area contributed by atoms with Gasteiger partial charge >= 0.3 is 0 Å². The van der Waals surface area contributed by atoms with Crippen molar-refractivity contribution in [1.29, 1.82) is 0 Å². The molecule has 0 amide bonds. The van der Waals surface area contributed by atoms with Gasteiger partial charge in [0.15, 0.2) is 0 Å². The smallest absolute Gasteiger partial charge is 0.115 e. The Kier molecular flexibility index (Phi) is 4.25. The Labute approximate surface area is 125 Å². The molecule has 4 heteroatoms. The summed E-state index contributed by atoms with van der Waals surface area (Å²) in [5.41, 5.74) is 1.12. The molecule has 0 saturated heterocycles. The van der Waals surface area contributed by atoms with Crippen LogP contribution in [0.5, 0.6) is 5.75 Å². The molecule has 0 aliphatic heterocycles. The van der Waals surface area contributed by atoms with E-state index in [0.717, 1.165) is 5.56 Å². The number of hydrogen-bond donors (Lipinski definition) is 2. The van der Waals surface area contributed by atoms with Crippen molar-refractivity contribution < 1.29 is 5.11 Å². The molecule has 112 valence electrons. The van der Waals surface area contributed by atoms with E-state index in [1.807, 2.05) is 24.4 Å². The summed E-state index contributed by atoms with van der Waals surface area (Å²) in [7, 11) is 0. The number of benzene rings is 1. The van der Waals surface area contributed by atoms with E-state index in [-0.39, 0.29) is 6.04 Å². The Morgan fingerprint density at radius 2 is 2.14 bits per heavy atom. The molecule has 21 heavy (non-hydrogen) atoms. The van der Waals surface area contributed by atoms with E-state index in [1.165, 1.54) is 25.7 Å². The quantitative estimate of drug-likeness (QED) is 0.905. The lowest BCUT2D eigenvalue weighted by molar-refractivity contribution is 0.233. The van der Waals surface area contributed by atoms with Crippen molar-refractivity contribution in [3.8, 4) is 5.75 Å². The fraction of sp³-hybridized carbons (Fsp3) is 0.471. The third-order valence-corrected chi connectivity index (χ3v) is 4.43. The predicted molar refractivity (Wildman–Crippen MR) is 83.2 cm³/mol. The molecular formula is C17H23N3O. The molecule has 1 saturated carbocycles. The largest absolute Gasteiger partial charge is 0.508 e. The van der Waals surface area contributed by atoms with Crippen molar-refractivity contribution in [3.63, 3.8) is 0 Å². The molecule has 0 unspecified atom stereocenters. The highest BCUT2D eigenvalue weighted by atomic mass is 16.3. The lowest BCUT2D eigenvalue weighted by Crippen LogP contribution is -2.41. The number of aromatic hydroxyl groups is 1. The fourth-order valence-electron chi connectivity index (χ4n) is 3.31. The number of aromatic nitrogens is 2. The second-order valence-corrected chi connectivity index (χ2v) is 5.93. The SMILES string of the molecule is C[C@H](N[C@H]1CCCC[C@H]1n1cccn1)c1cccc(O)c1. The molecule has 2 N–H and O–H groups in total. The normalized spacial score (nSPS) is 23.9. The van der Waals surface area contributed by atoms with E-state index >= 15 is 0 Å². The maximum atomic E-state index is 9.63. The highest BCUT2D eigenvalue weighted by Gasteiger charge is 2.28. The minimum Gasteiger partial charge on any atom is -0.508 e. The second-order valence-electron chi connectivity index (χ2n) is 5.93. The first-order valence-corrected chi connectivity index (χ1v) is 7.78. The van der Waals surface area contributed by atoms with Crippen LogP contribution in [0.2, 0.25) is 0 Å². The molecule has 1 aliphatic carbocycles. The average Bonchev–Trinajstić information content (AvgIpc) is 3.02. The van der Waals surface area contributed by atoms with E-state index in [2.05, 4.69) is 34.3 Å². The predicted octanol–water partition coefficient (Wildman–Crippen LogP) is 3.42. The van der Waals surface area contributed by atoms with E-state index in [0.29, 0.717) is 17.8 Å². The first-order valence-electron chi connectivity index (χ1n) is 7.78. The summed E-state index contributed by atoms with van der Waals surface area (Å²) >= 11 is 0. The summed E-state index contributed by atoms with van der Waals surface area (Å²) in [6.45, 7) is 2.16. The van der Waals surface area contributed by atoms with Crippen LogP contribution in [0.4, 0.5) is 0 Å². The Morgan fingerprint density at radius 1 is 1.29 bits per heavy atom. The molecule has 3 atom stereocenters. The van der Waals surface area contributed by atoms with Crippen LogP contribution in [0.25, 0.3) is 0 Å². The minimum atomic E-state index is 0.221. The molecule has 1 aromatic carbocycles. The van der Waals surface area contributed by atoms with Crippen LogP contribution < -0.4 is 5.32 Å². The van der Waals surface area contributed by atoms with E-state index in [9.17, 15) is 5.11 Å². The number of phenols is 1. The topological polar surface area (TPSA) is 50.1 Å². The van der Waals surface area contributed by atoms with Crippen LogP contribution >= 0.6 is 0 Å². The Hall–Kier alpha value is -1.81. The summed E-state index contributed by atoms with van der Waals surface area (Å²) < 4.78 is 2.09. The number of nitrogens with zero attached hydrogens (tertiary/aromatic N) is 2. The van der Waals surface area contributed by atoms with Crippen molar-refractivity contribution >= 4 is 0 Å². The van der Waals surface area contributed by atoms with Crippen molar-refractivity contribution in [1.82, 2.24) is 15.1 Å². The lowest BCUT2D eigenvalue weighted by atomic mass is 9.89. The van der Waals surface area contributed by atoms with Gasteiger partial charge in [-0.3, -0.25) is 4.68 Å². The van der Waals surface area contributed by atoms with Gasteiger partial charge in [0.2, 0.25) is 0 Å². The third-order valence-electron chi connectivity index (χ3n) is 4.43. The van der Waals surface area contributed by atoms with Crippen LogP contribution in [0.3, 0.4) is 0 Å². The highest BCUT2D eigenvalue weighted by Crippen LogP contribution is 2.30. The zero-order valence-electron chi connectivity index (χ0n) is 12.4. The maximum Gasteiger partial charge on any atom is 0.115 e. The molecule has 0 radical (unpaired) electrons. The summed E-state index contributed by atoms with van der Waals surface area (Å²) in [6.07, 6.45) is 8.79. The van der Waals surface area contributed by atoms with Gasteiger partial charge in [0.1, 0.15) is 5.75 Å². The molecule has 3 rings (SSSR count). The zero-order chi connectivity index (χ0) is 14.7. The van der Waals surface area contributed by atoms with Crippen molar-refractivity contribution in [2.24, 2.45) is 0 Å². The zero-order valence-corrected chi connectivity index (χ0v) is 12.4. The Bertz CT molecular complexity index is 567. The summed E-state index contributed by atoms with van der Waals surface area (Å²) in [4.78, 5) is 0. The van der Waals surface area contributed by atoms with Gasteiger partial charge in [-0.15, -0.1) is 0 Å². The van der Waals surface area contributed by atoms with Gasteiger partial charge in [0.25, 0.3) is 0 Å². The first-order chi connectivity index (χ1) is 10.2. The molecule has 2 aromatic rings. The third kappa shape index (κ3) is 3.27. The number of rotatable bonds is 4. The van der Waals surface area contributed by atoms with Crippen LogP contribution in [0, 0.1) is 0 Å². The van der Waals surface area contributed by atoms with E-state index in [1.54, 1.807) is 6.07 Å². The van der Waals surface area contributed by atoms with Gasteiger partial charge in [-0.25, -0.2) is 0 Å². The molecule has 1 aliphatic rings. The minimum absolute atomic E-state index is 0.221. The fourth-order valence-corrected chi connectivity index (χ4v) is 3.31. The van der Waals surface area contributed by atoms with Gasteiger partial charge < -0.3 is 10.4 Å². The van der Waals surface area contributed by atoms with Gasteiger partial charge in [-0.1, -0.05) is 25.0 Å².